The largest absolute Gasteiger partial charge is 0.398 e. The molecule has 1 fully saturated rings. The van der Waals surface area contributed by atoms with Crippen LogP contribution in [0.25, 0.3) is 0 Å². The smallest absolute Gasteiger partial charge is 0.273 e. The standard InChI is InChI=1S/C13H19N3O2/c1-8-3-4-13(9(8)2)15-11-5-10(14)6-12(7-11)16(17)18/h5-9,13,15H,3-4,14H2,1-2H3. The molecule has 1 aromatic carbocycles. The number of nitrogens with two attached hydrogens (primary N) is 1. The summed E-state index contributed by atoms with van der Waals surface area (Å²) >= 11 is 0. The van der Waals surface area contributed by atoms with Gasteiger partial charge >= 0.3 is 0 Å². The van der Waals surface area contributed by atoms with Crippen LogP contribution in [0.1, 0.15) is 26.7 Å². The van der Waals surface area contributed by atoms with Gasteiger partial charge in [0.15, 0.2) is 0 Å². The number of nitro groups is 1. The number of benzene rings is 1. The summed E-state index contributed by atoms with van der Waals surface area (Å²) in [6, 6.07) is 5.06. The highest BCUT2D eigenvalue weighted by Crippen LogP contribution is 2.34. The molecule has 18 heavy (non-hydrogen) atoms. The summed E-state index contributed by atoms with van der Waals surface area (Å²) < 4.78 is 0. The van der Waals surface area contributed by atoms with Crippen molar-refractivity contribution in [1.82, 2.24) is 0 Å². The van der Waals surface area contributed by atoms with Crippen LogP contribution in [-0.2, 0) is 0 Å². The number of hydrogen-bond acceptors (Lipinski definition) is 4. The highest BCUT2D eigenvalue weighted by molar-refractivity contribution is 5.61. The Morgan fingerprint density at radius 1 is 1.33 bits per heavy atom. The van der Waals surface area contributed by atoms with E-state index in [1.54, 1.807) is 12.1 Å². The molecule has 98 valence electrons. The average Bonchev–Trinajstić information content (AvgIpc) is 2.60. The first kappa shape index (κ1) is 12.7. The third-order valence-corrected chi connectivity index (χ3v) is 3.97. The lowest BCUT2D eigenvalue weighted by atomic mass is 9.97. The van der Waals surface area contributed by atoms with E-state index in [2.05, 4.69) is 19.2 Å². The molecule has 2 rings (SSSR count). The van der Waals surface area contributed by atoms with E-state index in [9.17, 15) is 10.1 Å². The van der Waals surface area contributed by atoms with Crippen molar-refractivity contribution in [1.29, 1.82) is 0 Å². The van der Waals surface area contributed by atoms with Crippen molar-refractivity contribution in [2.45, 2.75) is 32.7 Å². The molecule has 3 unspecified atom stereocenters. The number of rotatable bonds is 3. The summed E-state index contributed by atoms with van der Waals surface area (Å²) in [6.45, 7) is 4.46. The Bertz CT molecular complexity index is 462. The highest BCUT2D eigenvalue weighted by Gasteiger charge is 2.29. The van der Waals surface area contributed by atoms with Gasteiger partial charge in [-0.1, -0.05) is 13.8 Å². The van der Waals surface area contributed by atoms with E-state index in [0.29, 0.717) is 23.6 Å². The average molecular weight is 249 g/mol. The summed E-state index contributed by atoms with van der Waals surface area (Å²) in [4.78, 5) is 10.4. The summed E-state index contributed by atoms with van der Waals surface area (Å²) in [7, 11) is 0. The van der Waals surface area contributed by atoms with E-state index in [4.69, 9.17) is 5.73 Å². The van der Waals surface area contributed by atoms with Gasteiger partial charge in [0.2, 0.25) is 0 Å². The van der Waals surface area contributed by atoms with Gasteiger partial charge in [0.25, 0.3) is 5.69 Å². The Morgan fingerprint density at radius 3 is 2.61 bits per heavy atom. The zero-order valence-electron chi connectivity index (χ0n) is 10.7. The van der Waals surface area contributed by atoms with Crippen LogP contribution in [0.2, 0.25) is 0 Å². The Kier molecular flexibility index (Phi) is 3.41. The quantitative estimate of drug-likeness (QED) is 0.490. The topological polar surface area (TPSA) is 81.2 Å². The first-order valence-electron chi connectivity index (χ1n) is 6.29. The van der Waals surface area contributed by atoms with E-state index in [1.807, 2.05) is 0 Å². The van der Waals surface area contributed by atoms with Crippen LogP contribution < -0.4 is 11.1 Å². The number of nitrogens with zero attached hydrogens (tertiary/aromatic N) is 1. The van der Waals surface area contributed by atoms with E-state index < -0.39 is 4.92 Å². The summed E-state index contributed by atoms with van der Waals surface area (Å²) in [5, 5.41) is 14.2. The lowest BCUT2D eigenvalue weighted by Gasteiger charge is -2.21. The van der Waals surface area contributed by atoms with Crippen LogP contribution in [0.4, 0.5) is 17.1 Å². The summed E-state index contributed by atoms with van der Waals surface area (Å²) in [5.74, 6) is 1.27. The summed E-state index contributed by atoms with van der Waals surface area (Å²) in [5.41, 5.74) is 6.89. The molecular weight excluding hydrogens is 230 g/mol. The molecule has 0 spiro atoms. The number of anilines is 2. The van der Waals surface area contributed by atoms with Crippen LogP contribution in [0.3, 0.4) is 0 Å². The minimum atomic E-state index is -0.414. The van der Waals surface area contributed by atoms with Gasteiger partial charge in [-0.15, -0.1) is 0 Å². The van der Waals surface area contributed by atoms with Crippen molar-refractivity contribution in [2.75, 3.05) is 11.1 Å². The zero-order valence-corrected chi connectivity index (χ0v) is 10.7. The Morgan fingerprint density at radius 2 is 2.06 bits per heavy atom. The third kappa shape index (κ3) is 2.55. The predicted molar refractivity (Wildman–Crippen MR) is 72.5 cm³/mol. The maximum absolute atomic E-state index is 10.8. The van der Waals surface area contributed by atoms with Gasteiger partial charge in [0, 0.05) is 29.5 Å². The van der Waals surface area contributed by atoms with E-state index >= 15 is 0 Å². The molecular formula is C13H19N3O2. The van der Waals surface area contributed by atoms with E-state index in [1.165, 1.54) is 12.5 Å². The van der Waals surface area contributed by atoms with Crippen molar-refractivity contribution >= 4 is 17.1 Å². The molecule has 1 saturated carbocycles. The molecule has 3 atom stereocenters. The fraction of sp³-hybridized carbons (Fsp3) is 0.538. The van der Waals surface area contributed by atoms with Gasteiger partial charge < -0.3 is 11.1 Å². The second-order valence-electron chi connectivity index (χ2n) is 5.23. The highest BCUT2D eigenvalue weighted by atomic mass is 16.6. The van der Waals surface area contributed by atoms with Crippen LogP contribution in [-0.4, -0.2) is 11.0 Å². The Hall–Kier alpha value is -1.78. The minimum absolute atomic E-state index is 0.0381. The van der Waals surface area contributed by atoms with Gasteiger partial charge in [0.05, 0.1) is 4.92 Å². The van der Waals surface area contributed by atoms with E-state index in [0.717, 1.165) is 12.1 Å². The summed E-state index contributed by atoms with van der Waals surface area (Å²) in [6.07, 6.45) is 2.30. The first-order valence-corrected chi connectivity index (χ1v) is 6.29. The Labute approximate surface area is 107 Å². The molecule has 0 radical (unpaired) electrons. The molecule has 0 heterocycles. The van der Waals surface area contributed by atoms with Gasteiger partial charge in [-0.2, -0.15) is 0 Å². The third-order valence-electron chi connectivity index (χ3n) is 3.97. The molecule has 0 saturated heterocycles. The van der Waals surface area contributed by atoms with Crippen molar-refractivity contribution in [3.05, 3.63) is 28.3 Å². The monoisotopic (exact) mass is 249 g/mol. The Balaban J connectivity index is 2.16. The first-order chi connectivity index (χ1) is 8.47. The maximum atomic E-state index is 10.8. The van der Waals surface area contributed by atoms with Crippen LogP contribution in [0, 0.1) is 22.0 Å². The number of hydrogen-bond donors (Lipinski definition) is 2. The number of nitro benzene ring substituents is 1. The van der Waals surface area contributed by atoms with Gasteiger partial charge in [-0.3, -0.25) is 10.1 Å². The van der Waals surface area contributed by atoms with Crippen molar-refractivity contribution in [2.24, 2.45) is 11.8 Å². The van der Waals surface area contributed by atoms with Gasteiger partial charge in [-0.05, 0) is 30.7 Å². The fourth-order valence-electron chi connectivity index (χ4n) is 2.61. The van der Waals surface area contributed by atoms with Crippen LogP contribution in [0.5, 0.6) is 0 Å². The molecule has 5 heteroatoms. The van der Waals surface area contributed by atoms with Crippen LogP contribution >= 0.6 is 0 Å². The SMILES string of the molecule is CC1CCC(Nc2cc(N)cc([N+](=O)[O-])c2)C1C. The fourth-order valence-corrected chi connectivity index (χ4v) is 2.61. The van der Waals surface area contributed by atoms with Crippen molar-refractivity contribution < 1.29 is 4.92 Å². The molecule has 0 aliphatic heterocycles. The lowest BCUT2D eigenvalue weighted by molar-refractivity contribution is -0.384. The van der Waals surface area contributed by atoms with Gasteiger partial charge in [0.1, 0.15) is 0 Å². The van der Waals surface area contributed by atoms with E-state index in [-0.39, 0.29) is 5.69 Å². The molecule has 0 aromatic heterocycles. The lowest BCUT2D eigenvalue weighted by Crippen LogP contribution is -2.24. The number of nitrogen functional groups attached to an aromatic ring is 1. The molecule has 0 bridgehead atoms. The van der Waals surface area contributed by atoms with Crippen molar-refractivity contribution in [3.63, 3.8) is 0 Å². The van der Waals surface area contributed by atoms with Crippen LogP contribution in [0.15, 0.2) is 18.2 Å². The molecule has 1 aliphatic rings. The van der Waals surface area contributed by atoms with Gasteiger partial charge in [-0.25, -0.2) is 0 Å². The minimum Gasteiger partial charge on any atom is -0.398 e. The predicted octanol–water partition coefficient (Wildman–Crippen LogP) is 3.02. The molecule has 1 aromatic rings. The second kappa shape index (κ2) is 4.84. The number of nitrogens with one attached hydrogen (secondary N) is 1. The molecule has 5 nitrogen and oxygen atoms in total. The number of non-ortho nitro benzene ring substituents is 1. The molecule has 1 aliphatic carbocycles. The maximum Gasteiger partial charge on any atom is 0.273 e. The van der Waals surface area contributed by atoms with Crippen molar-refractivity contribution in [3.8, 4) is 0 Å². The second-order valence-corrected chi connectivity index (χ2v) is 5.23. The normalized spacial score (nSPS) is 27.1. The molecule has 0 amide bonds. The zero-order chi connectivity index (χ0) is 13.3. The molecule has 3 N–H and O–H groups in total.